The molecule has 0 bridgehead atoms. The molecule has 2 N–H and O–H groups in total. The Hall–Kier alpha value is -1.60. The summed E-state index contributed by atoms with van der Waals surface area (Å²) in [5.74, 6) is 0.798. The third kappa shape index (κ3) is 7.99. The molecule has 0 aliphatic carbocycles. The normalized spacial score (nSPS) is 9.45. The summed E-state index contributed by atoms with van der Waals surface area (Å²) in [7, 11) is 5.27. The topological polar surface area (TPSA) is 84.9 Å². The van der Waals surface area contributed by atoms with Gasteiger partial charge in [0.1, 0.15) is 17.8 Å². The lowest BCUT2D eigenvalue weighted by Crippen LogP contribution is -2.11. The van der Waals surface area contributed by atoms with Crippen LogP contribution in [0.4, 0.5) is 0 Å². The zero-order valence-corrected chi connectivity index (χ0v) is 14.6. The maximum Gasteiger partial charge on any atom is 0.303 e. The zero-order valence-electron chi connectivity index (χ0n) is 13.0. The standard InChI is InChI=1S/C11H16BrNO2.C4H6O3/c1-13-5-4-8-6-11(15-3)9(12)7-10(8)14-2;5-3-1-2-4(6)7/h6-7,13H,4-5H2,1-3H3;3H,1-2H2,(H,6,7). The molecular weight excluding hydrogens is 354 g/mol. The molecule has 0 atom stereocenters. The summed E-state index contributed by atoms with van der Waals surface area (Å²) in [5, 5.41) is 11.0. The number of carbonyl (C=O) groups is 2. The number of aliphatic carboxylic acids is 1. The van der Waals surface area contributed by atoms with Crippen molar-refractivity contribution in [1.82, 2.24) is 5.32 Å². The Morgan fingerprint density at radius 1 is 1.32 bits per heavy atom. The van der Waals surface area contributed by atoms with E-state index in [1.807, 2.05) is 19.2 Å². The van der Waals surface area contributed by atoms with Crippen molar-refractivity contribution in [3.05, 3.63) is 22.2 Å². The van der Waals surface area contributed by atoms with Gasteiger partial charge < -0.3 is 24.7 Å². The lowest BCUT2D eigenvalue weighted by Gasteiger charge is -2.12. The molecule has 0 aliphatic rings. The van der Waals surface area contributed by atoms with E-state index in [1.165, 1.54) is 0 Å². The van der Waals surface area contributed by atoms with Crippen LogP contribution in [0.3, 0.4) is 0 Å². The average molecular weight is 376 g/mol. The molecule has 22 heavy (non-hydrogen) atoms. The van der Waals surface area contributed by atoms with Crippen LogP contribution in [-0.4, -0.2) is 45.2 Å². The number of carbonyl (C=O) groups excluding carboxylic acids is 1. The van der Waals surface area contributed by atoms with E-state index in [1.54, 1.807) is 14.2 Å². The first-order chi connectivity index (χ1) is 10.5. The van der Waals surface area contributed by atoms with Crippen LogP contribution in [0.5, 0.6) is 11.5 Å². The van der Waals surface area contributed by atoms with E-state index in [2.05, 4.69) is 21.2 Å². The van der Waals surface area contributed by atoms with E-state index in [9.17, 15) is 9.59 Å². The summed E-state index contributed by atoms with van der Waals surface area (Å²) < 4.78 is 11.5. The fraction of sp³-hybridized carbons (Fsp3) is 0.467. The minimum atomic E-state index is -0.924. The van der Waals surface area contributed by atoms with Crippen LogP contribution in [0.2, 0.25) is 0 Å². The van der Waals surface area contributed by atoms with Crippen LogP contribution in [0, 0.1) is 0 Å². The van der Waals surface area contributed by atoms with Crippen molar-refractivity contribution in [2.75, 3.05) is 27.8 Å². The van der Waals surface area contributed by atoms with Gasteiger partial charge >= 0.3 is 5.97 Å². The Balaban J connectivity index is 0.000000534. The molecule has 0 saturated heterocycles. The number of carboxylic acid groups (broad SMARTS) is 1. The first-order valence-electron chi connectivity index (χ1n) is 6.70. The molecule has 0 amide bonds. The van der Waals surface area contributed by atoms with Crippen LogP contribution in [0.25, 0.3) is 0 Å². The summed E-state index contributed by atoms with van der Waals surface area (Å²) in [5.41, 5.74) is 1.15. The van der Waals surface area contributed by atoms with Gasteiger partial charge in [-0.2, -0.15) is 0 Å². The van der Waals surface area contributed by atoms with Gasteiger partial charge in [-0.25, -0.2) is 0 Å². The van der Waals surface area contributed by atoms with E-state index < -0.39 is 5.97 Å². The Labute approximate surface area is 138 Å². The van der Waals surface area contributed by atoms with Gasteiger partial charge in [0.15, 0.2) is 0 Å². The fourth-order valence-corrected chi connectivity index (χ4v) is 2.05. The largest absolute Gasteiger partial charge is 0.496 e. The number of hydrogen-bond acceptors (Lipinski definition) is 5. The number of methoxy groups -OCH3 is 2. The fourth-order valence-electron chi connectivity index (χ4n) is 1.56. The van der Waals surface area contributed by atoms with Gasteiger partial charge in [0.2, 0.25) is 0 Å². The van der Waals surface area contributed by atoms with Crippen molar-refractivity contribution in [3.63, 3.8) is 0 Å². The minimum Gasteiger partial charge on any atom is -0.496 e. The number of aldehydes is 1. The predicted molar refractivity (Wildman–Crippen MR) is 87.8 cm³/mol. The number of benzene rings is 1. The van der Waals surface area contributed by atoms with Gasteiger partial charge in [-0.05, 0) is 53.6 Å². The first-order valence-corrected chi connectivity index (χ1v) is 7.49. The molecule has 0 unspecified atom stereocenters. The van der Waals surface area contributed by atoms with Crippen LogP contribution in [-0.2, 0) is 16.0 Å². The monoisotopic (exact) mass is 375 g/mol. The Morgan fingerprint density at radius 2 is 1.95 bits per heavy atom. The number of halogens is 1. The second-order valence-corrected chi connectivity index (χ2v) is 5.11. The molecule has 124 valence electrons. The third-order valence-electron chi connectivity index (χ3n) is 2.68. The van der Waals surface area contributed by atoms with Gasteiger partial charge in [-0.1, -0.05) is 0 Å². The highest BCUT2D eigenvalue weighted by Crippen LogP contribution is 2.32. The Bertz CT molecular complexity index is 479. The highest BCUT2D eigenvalue weighted by Gasteiger charge is 2.08. The van der Waals surface area contributed by atoms with Crippen molar-refractivity contribution >= 4 is 28.2 Å². The number of likely N-dealkylation sites (N-methyl/N-ethyl adjacent to an activating group) is 1. The molecule has 1 aromatic carbocycles. The molecule has 0 heterocycles. The molecule has 0 aromatic heterocycles. The smallest absolute Gasteiger partial charge is 0.303 e. The van der Waals surface area contributed by atoms with Gasteiger partial charge in [0.05, 0.1) is 25.1 Å². The highest BCUT2D eigenvalue weighted by atomic mass is 79.9. The number of ether oxygens (including phenoxy) is 2. The van der Waals surface area contributed by atoms with Crippen molar-refractivity contribution in [3.8, 4) is 11.5 Å². The lowest BCUT2D eigenvalue weighted by atomic mass is 10.1. The van der Waals surface area contributed by atoms with E-state index in [4.69, 9.17) is 14.6 Å². The molecular formula is C15H22BrNO5. The quantitative estimate of drug-likeness (QED) is 0.678. The average Bonchev–Trinajstić information content (AvgIpc) is 2.51. The van der Waals surface area contributed by atoms with Crippen molar-refractivity contribution < 1.29 is 24.2 Å². The maximum absolute atomic E-state index is 9.60. The van der Waals surface area contributed by atoms with E-state index in [-0.39, 0.29) is 12.8 Å². The Kier molecular flexibility index (Phi) is 11.1. The van der Waals surface area contributed by atoms with Gasteiger partial charge in [0.25, 0.3) is 0 Å². The number of hydrogen-bond donors (Lipinski definition) is 2. The summed E-state index contributed by atoms with van der Waals surface area (Å²) >= 11 is 3.43. The highest BCUT2D eigenvalue weighted by molar-refractivity contribution is 9.10. The maximum atomic E-state index is 9.60. The van der Waals surface area contributed by atoms with E-state index in [0.29, 0.717) is 6.29 Å². The van der Waals surface area contributed by atoms with Crippen molar-refractivity contribution in [2.45, 2.75) is 19.3 Å². The second-order valence-electron chi connectivity index (χ2n) is 4.25. The summed E-state index contributed by atoms with van der Waals surface area (Å²) in [4.78, 5) is 19.0. The number of nitrogens with one attached hydrogen (secondary N) is 1. The molecule has 7 heteroatoms. The molecule has 0 fully saturated rings. The zero-order chi connectivity index (χ0) is 17.0. The molecule has 0 radical (unpaired) electrons. The third-order valence-corrected chi connectivity index (χ3v) is 3.29. The van der Waals surface area contributed by atoms with Gasteiger partial charge in [0, 0.05) is 6.42 Å². The first kappa shape index (κ1) is 20.4. The number of rotatable bonds is 8. The molecule has 0 spiro atoms. The van der Waals surface area contributed by atoms with Crippen molar-refractivity contribution in [2.24, 2.45) is 0 Å². The Morgan fingerprint density at radius 3 is 2.36 bits per heavy atom. The van der Waals surface area contributed by atoms with E-state index in [0.717, 1.165) is 34.5 Å². The van der Waals surface area contributed by atoms with Crippen LogP contribution in [0.1, 0.15) is 18.4 Å². The molecule has 1 aromatic rings. The second kappa shape index (κ2) is 12.0. The molecule has 1 rings (SSSR count). The molecule has 0 saturated carbocycles. The van der Waals surface area contributed by atoms with Gasteiger partial charge in [-0.15, -0.1) is 0 Å². The summed E-state index contributed by atoms with van der Waals surface area (Å²) in [6.45, 7) is 0.918. The summed E-state index contributed by atoms with van der Waals surface area (Å²) in [6, 6.07) is 3.93. The SMILES string of the molecule is CNCCc1cc(OC)c(Br)cc1OC.O=CCCC(=O)O. The van der Waals surface area contributed by atoms with E-state index >= 15 is 0 Å². The van der Waals surface area contributed by atoms with Crippen LogP contribution in [0.15, 0.2) is 16.6 Å². The molecule has 6 nitrogen and oxygen atoms in total. The predicted octanol–water partition coefficient (Wildman–Crippen LogP) is 2.28. The number of carboxylic acids is 1. The lowest BCUT2D eigenvalue weighted by molar-refractivity contribution is -0.137. The van der Waals surface area contributed by atoms with Crippen LogP contribution >= 0.6 is 15.9 Å². The summed E-state index contributed by atoms with van der Waals surface area (Å²) in [6.07, 6.45) is 1.58. The minimum absolute atomic E-state index is 0.0521. The van der Waals surface area contributed by atoms with Gasteiger partial charge in [-0.3, -0.25) is 4.79 Å². The molecule has 0 aliphatic heterocycles. The van der Waals surface area contributed by atoms with Crippen LogP contribution < -0.4 is 14.8 Å². The van der Waals surface area contributed by atoms with Crippen molar-refractivity contribution in [1.29, 1.82) is 0 Å².